The Kier molecular flexibility index (Phi) is 3.05. The molecule has 1 unspecified atom stereocenters. The van der Waals surface area contributed by atoms with Crippen LogP contribution < -0.4 is 0 Å². The highest BCUT2D eigenvalue weighted by molar-refractivity contribution is 7.91. The maximum Gasteiger partial charge on any atom is 0.156 e. The Hall–Kier alpha value is -0.460. The summed E-state index contributed by atoms with van der Waals surface area (Å²) in [6, 6.07) is 0. The molecule has 0 aliphatic rings. The largest absolute Gasteiger partial charge is 0.391 e. The maximum atomic E-state index is 11.1. The second-order valence-corrected chi connectivity index (χ2v) is 6.31. The summed E-state index contributed by atoms with van der Waals surface area (Å²) < 4.78 is 22.3. The minimum absolute atomic E-state index is 0.0891. The van der Waals surface area contributed by atoms with E-state index in [0.29, 0.717) is 9.88 Å². The molecule has 0 spiro atoms. The fourth-order valence-electron chi connectivity index (χ4n) is 0.767. The van der Waals surface area contributed by atoms with Gasteiger partial charge in [0.1, 0.15) is 10.3 Å². The lowest BCUT2D eigenvalue weighted by molar-refractivity contribution is 0.285. The summed E-state index contributed by atoms with van der Waals surface area (Å²) in [6.07, 6.45) is 2.68. The van der Waals surface area contributed by atoms with Crippen LogP contribution in [-0.2, 0) is 16.4 Å². The zero-order valence-electron chi connectivity index (χ0n) is 7.39. The first-order valence-electron chi connectivity index (χ1n) is 3.69. The molecule has 0 radical (unpaired) electrons. The first-order chi connectivity index (χ1) is 5.95. The van der Waals surface area contributed by atoms with Gasteiger partial charge in [-0.1, -0.05) is 0 Å². The molecular weight excluding hydrogens is 210 g/mol. The Morgan fingerprint density at radius 3 is 2.69 bits per heavy atom. The number of sulfone groups is 1. The van der Waals surface area contributed by atoms with Crippen LogP contribution in [0.15, 0.2) is 6.20 Å². The summed E-state index contributed by atoms with van der Waals surface area (Å²) in [7, 11) is -3.08. The van der Waals surface area contributed by atoms with Crippen LogP contribution in [0.3, 0.4) is 0 Å². The molecule has 1 aromatic rings. The van der Waals surface area contributed by atoms with Crippen molar-refractivity contribution in [2.75, 3.05) is 6.26 Å². The molecule has 0 amide bonds. The predicted molar refractivity (Wildman–Crippen MR) is 51.3 cm³/mol. The van der Waals surface area contributed by atoms with E-state index in [9.17, 15) is 8.42 Å². The van der Waals surface area contributed by atoms with E-state index in [-0.39, 0.29) is 6.61 Å². The number of hydrogen-bond donors (Lipinski definition) is 1. The van der Waals surface area contributed by atoms with Crippen LogP contribution in [0.1, 0.15) is 22.1 Å². The molecule has 1 rings (SSSR count). The van der Waals surface area contributed by atoms with Gasteiger partial charge < -0.3 is 5.11 Å². The molecule has 1 heterocycles. The number of thiazole rings is 1. The maximum absolute atomic E-state index is 11.1. The molecule has 74 valence electrons. The van der Waals surface area contributed by atoms with Crippen molar-refractivity contribution in [3.05, 3.63) is 16.1 Å². The van der Waals surface area contributed by atoms with E-state index in [2.05, 4.69) is 4.98 Å². The Balaban J connectivity index is 2.96. The van der Waals surface area contributed by atoms with Gasteiger partial charge in [-0.25, -0.2) is 13.4 Å². The zero-order chi connectivity index (χ0) is 10.1. The third-order valence-electron chi connectivity index (χ3n) is 1.72. The van der Waals surface area contributed by atoms with Crippen molar-refractivity contribution < 1.29 is 13.5 Å². The average Bonchev–Trinajstić information content (AvgIpc) is 2.48. The van der Waals surface area contributed by atoms with Crippen molar-refractivity contribution in [1.82, 2.24) is 4.98 Å². The van der Waals surface area contributed by atoms with Crippen molar-refractivity contribution >= 4 is 21.2 Å². The molecule has 1 atom stereocenters. The van der Waals surface area contributed by atoms with Crippen molar-refractivity contribution in [3.8, 4) is 0 Å². The molecule has 1 N–H and O–H groups in total. The van der Waals surface area contributed by atoms with E-state index in [1.54, 1.807) is 6.92 Å². The number of aliphatic hydroxyl groups is 1. The summed E-state index contributed by atoms with van der Waals surface area (Å²) in [4.78, 5) is 4.62. The van der Waals surface area contributed by atoms with Crippen molar-refractivity contribution in [1.29, 1.82) is 0 Å². The third kappa shape index (κ3) is 2.49. The van der Waals surface area contributed by atoms with Crippen molar-refractivity contribution in [2.24, 2.45) is 0 Å². The minimum Gasteiger partial charge on any atom is -0.391 e. The van der Waals surface area contributed by atoms with E-state index < -0.39 is 15.1 Å². The van der Waals surface area contributed by atoms with Crippen LogP contribution in [0, 0.1) is 0 Å². The lowest BCUT2D eigenvalue weighted by Gasteiger charge is -2.03. The Morgan fingerprint density at radius 2 is 2.31 bits per heavy atom. The smallest absolute Gasteiger partial charge is 0.156 e. The highest BCUT2D eigenvalue weighted by atomic mass is 32.2. The van der Waals surface area contributed by atoms with Crippen LogP contribution in [-0.4, -0.2) is 24.8 Å². The van der Waals surface area contributed by atoms with Gasteiger partial charge in [0.15, 0.2) is 9.84 Å². The molecule has 1 aromatic heterocycles. The standard InChI is InChI=1S/C7H11NO3S2/c1-5(13(2,10)11)7-8-3-6(4-9)12-7/h3,5,9H,4H2,1-2H3. The highest BCUT2D eigenvalue weighted by Gasteiger charge is 2.20. The molecule has 0 bridgehead atoms. The van der Waals surface area contributed by atoms with Crippen LogP contribution in [0.2, 0.25) is 0 Å². The molecule has 0 fully saturated rings. The first-order valence-corrected chi connectivity index (χ1v) is 6.46. The van der Waals surface area contributed by atoms with E-state index in [1.165, 1.54) is 23.8 Å². The van der Waals surface area contributed by atoms with Gasteiger partial charge in [0.25, 0.3) is 0 Å². The summed E-state index contributed by atoms with van der Waals surface area (Å²) in [5, 5.41) is 8.70. The fourth-order valence-corrected chi connectivity index (χ4v) is 2.57. The van der Waals surface area contributed by atoms with Crippen molar-refractivity contribution in [2.45, 2.75) is 18.8 Å². The zero-order valence-corrected chi connectivity index (χ0v) is 9.02. The first kappa shape index (κ1) is 10.6. The van der Waals surface area contributed by atoms with Crippen molar-refractivity contribution in [3.63, 3.8) is 0 Å². The number of hydrogen-bond acceptors (Lipinski definition) is 5. The number of rotatable bonds is 3. The Morgan fingerprint density at radius 1 is 1.69 bits per heavy atom. The van der Waals surface area contributed by atoms with Gasteiger partial charge in [-0.05, 0) is 6.92 Å². The van der Waals surface area contributed by atoms with Crippen LogP contribution in [0.5, 0.6) is 0 Å². The molecule has 4 nitrogen and oxygen atoms in total. The number of aromatic nitrogens is 1. The second-order valence-electron chi connectivity index (χ2n) is 2.79. The molecule has 0 saturated heterocycles. The molecule has 0 aromatic carbocycles. The van der Waals surface area contributed by atoms with Gasteiger partial charge in [0, 0.05) is 12.5 Å². The summed E-state index contributed by atoms with van der Waals surface area (Å²) in [5.41, 5.74) is 0. The van der Waals surface area contributed by atoms with Gasteiger partial charge in [-0.15, -0.1) is 11.3 Å². The highest BCUT2D eigenvalue weighted by Crippen LogP contribution is 2.25. The minimum atomic E-state index is -3.08. The molecule has 0 aliphatic heterocycles. The average molecular weight is 221 g/mol. The molecule has 0 aliphatic carbocycles. The Bertz CT molecular complexity index is 382. The lowest BCUT2D eigenvalue weighted by atomic mass is 10.5. The summed E-state index contributed by atoms with van der Waals surface area (Å²) >= 11 is 1.23. The third-order valence-corrected chi connectivity index (χ3v) is 4.54. The normalized spacial score (nSPS) is 14.4. The van der Waals surface area contributed by atoms with E-state index in [4.69, 9.17) is 5.11 Å². The van der Waals surface area contributed by atoms with Gasteiger partial charge >= 0.3 is 0 Å². The second kappa shape index (κ2) is 3.73. The summed E-state index contributed by atoms with van der Waals surface area (Å²) in [6.45, 7) is 1.50. The van der Waals surface area contributed by atoms with Gasteiger partial charge in [0.05, 0.1) is 11.5 Å². The molecule has 6 heteroatoms. The molecule has 13 heavy (non-hydrogen) atoms. The van der Waals surface area contributed by atoms with Gasteiger partial charge in [-0.3, -0.25) is 0 Å². The topological polar surface area (TPSA) is 67.3 Å². The SMILES string of the molecule is CC(c1ncc(CO)s1)S(C)(=O)=O. The monoisotopic (exact) mass is 221 g/mol. The van der Waals surface area contributed by atoms with E-state index >= 15 is 0 Å². The van der Waals surface area contributed by atoms with Gasteiger partial charge in [0.2, 0.25) is 0 Å². The molecule has 0 saturated carbocycles. The number of aliphatic hydroxyl groups excluding tert-OH is 1. The van der Waals surface area contributed by atoms with Crippen LogP contribution in [0.4, 0.5) is 0 Å². The lowest BCUT2D eigenvalue weighted by Crippen LogP contribution is -2.06. The quantitative estimate of drug-likeness (QED) is 0.817. The Labute approximate surface area is 81.2 Å². The van der Waals surface area contributed by atoms with E-state index in [0.717, 1.165) is 0 Å². The van der Waals surface area contributed by atoms with E-state index in [1.807, 2.05) is 0 Å². The van der Waals surface area contributed by atoms with Gasteiger partial charge in [-0.2, -0.15) is 0 Å². The molecular formula is C7H11NO3S2. The number of nitrogens with zero attached hydrogens (tertiary/aromatic N) is 1. The predicted octanol–water partition coefficient (Wildman–Crippen LogP) is 0.741. The van der Waals surface area contributed by atoms with Crippen LogP contribution >= 0.6 is 11.3 Å². The van der Waals surface area contributed by atoms with Crippen LogP contribution in [0.25, 0.3) is 0 Å². The fraction of sp³-hybridized carbons (Fsp3) is 0.571. The summed E-state index contributed by atoms with van der Waals surface area (Å²) in [5.74, 6) is 0.